The van der Waals surface area contributed by atoms with Crippen LogP contribution in [-0.4, -0.2) is 28.9 Å². The molecule has 5 aliphatic rings. The number of carbonyl (C=O) groups is 3. The lowest BCUT2D eigenvalue weighted by Gasteiger charge is -2.68. The highest BCUT2D eigenvalue weighted by Crippen LogP contribution is 2.73. The maximum absolute atomic E-state index is 13.7. The molecule has 0 radical (unpaired) electrons. The molecule has 4 fully saturated rings. The van der Waals surface area contributed by atoms with Crippen molar-refractivity contribution in [1.82, 2.24) is 0 Å². The molecule has 1 N–H and O–H groups in total. The second-order valence-corrected chi connectivity index (χ2v) is 16.0. The molecule has 5 aliphatic carbocycles. The molecular weight excluding hydrogens is 512 g/mol. The number of hydrogen-bond donors (Lipinski definition) is 1. The SMILES string of the molecule is CC1(C)CC[C@@H]2C(=O)C=C3[C@]4(C)CC[C@@H]5[C@](C)(CC[C@@H](OC(=O)c6ccccc6)[C@@]5(C)C(=O)O)[C@H]4CC[C@@]3(C)[C@@H]2C1. The van der Waals surface area contributed by atoms with E-state index in [1.54, 1.807) is 24.3 Å². The molecule has 0 spiro atoms. The zero-order valence-electron chi connectivity index (χ0n) is 25.8. The van der Waals surface area contributed by atoms with Gasteiger partial charge in [0.05, 0.1) is 5.56 Å². The molecule has 4 saturated carbocycles. The first kappa shape index (κ1) is 28.7. The van der Waals surface area contributed by atoms with Crippen LogP contribution in [-0.2, 0) is 14.3 Å². The highest BCUT2D eigenvalue weighted by atomic mass is 16.5. The number of allylic oxidation sites excluding steroid dienone is 2. The van der Waals surface area contributed by atoms with Gasteiger partial charge in [-0.15, -0.1) is 0 Å². The molecule has 9 atom stereocenters. The van der Waals surface area contributed by atoms with Crippen molar-refractivity contribution < 1.29 is 24.2 Å². The van der Waals surface area contributed by atoms with Crippen LogP contribution in [0.2, 0.25) is 0 Å². The molecule has 5 nitrogen and oxygen atoms in total. The summed E-state index contributed by atoms with van der Waals surface area (Å²) in [6.07, 6.45) is 9.70. The van der Waals surface area contributed by atoms with E-state index in [1.165, 1.54) is 5.57 Å². The number of ketones is 1. The van der Waals surface area contributed by atoms with Crippen molar-refractivity contribution in [3.8, 4) is 0 Å². The molecule has 0 aromatic heterocycles. The fraction of sp³-hybridized carbons (Fsp3) is 0.694. The van der Waals surface area contributed by atoms with E-state index < -0.39 is 23.5 Å². The van der Waals surface area contributed by atoms with Crippen molar-refractivity contribution in [2.75, 3.05) is 0 Å². The van der Waals surface area contributed by atoms with Gasteiger partial charge in [0.1, 0.15) is 11.5 Å². The molecule has 0 amide bonds. The van der Waals surface area contributed by atoms with Crippen LogP contribution in [0, 0.1) is 50.7 Å². The Morgan fingerprint density at radius 1 is 0.829 bits per heavy atom. The van der Waals surface area contributed by atoms with Gasteiger partial charge in [-0.2, -0.15) is 0 Å². The predicted molar refractivity (Wildman–Crippen MR) is 158 cm³/mol. The Balaban J connectivity index is 1.34. The summed E-state index contributed by atoms with van der Waals surface area (Å²) in [5.74, 6) is -0.274. The fourth-order valence-corrected chi connectivity index (χ4v) is 11.2. The first-order valence-corrected chi connectivity index (χ1v) is 15.9. The van der Waals surface area contributed by atoms with Gasteiger partial charge in [-0.1, -0.05) is 58.4 Å². The number of ether oxygens (including phenoxy) is 1. The normalized spacial score (nSPS) is 44.8. The summed E-state index contributed by atoms with van der Waals surface area (Å²) >= 11 is 0. The second kappa shape index (κ2) is 9.28. The van der Waals surface area contributed by atoms with Crippen LogP contribution in [0.3, 0.4) is 0 Å². The number of hydrogen-bond acceptors (Lipinski definition) is 4. The quantitative estimate of drug-likeness (QED) is 0.380. The van der Waals surface area contributed by atoms with E-state index in [0.29, 0.717) is 29.6 Å². The third kappa shape index (κ3) is 4.03. The van der Waals surface area contributed by atoms with E-state index in [-0.39, 0.29) is 33.5 Å². The van der Waals surface area contributed by atoms with E-state index in [9.17, 15) is 19.5 Å². The smallest absolute Gasteiger partial charge is 0.338 e. The molecule has 0 heterocycles. The Morgan fingerprint density at radius 2 is 1.49 bits per heavy atom. The van der Waals surface area contributed by atoms with Gasteiger partial charge in [-0.05, 0) is 122 Å². The maximum atomic E-state index is 13.7. The van der Waals surface area contributed by atoms with Gasteiger partial charge in [0.25, 0.3) is 0 Å². The van der Waals surface area contributed by atoms with E-state index in [2.05, 4.69) is 40.7 Å². The summed E-state index contributed by atoms with van der Waals surface area (Å²) in [6.45, 7) is 13.7. The van der Waals surface area contributed by atoms with Gasteiger partial charge in [-0.25, -0.2) is 4.79 Å². The first-order chi connectivity index (χ1) is 19.2. The summed E-state index contributed by atoms with van der Waals surface area (Å²) in [5, 5.41) is 10.8. The maximum Gasteiger partial charge on any atom is 0.338 e. The molecule has 6 rings (SSSR count). The van der Waals surface area contributed by atoms with Crippen LogP contribution in [0.15, 0.2) is 42.0 Å². The number of fused-ring (bicyclic) bond motifs is 7. The minimum Gasteiger partial charge on any atom is -0.481 e. The molecular formula is C36H48O5. The summed E-state index contributed by atoms with van der Waals surface area (Å²) < 4.78 is 6.03. The minimum absolute atomic E-state index is 0.0171. The standard InChI is InChI=1S/C36H48O5/c1-32(2)16-12-23-24(21-32)33(3)17-13-26-34(4)19-15-29(41-30(38)22-10-8-7-9-11-22)36(6,31(39)40)27(34)14-18-35(26,5)28(33)20-25(23)37/h7-11,20,23-24,26-27,29H,12-19,21H2,1-6H3,(H,39,40)/t23-,24+,26+,27+,29+,33-,34+,35+,36-/m0/s1. The van der Waals surface area contributed by atoms with Gasteiger partial charge in [0.15, 0.2) is 5.78 Å². The molecule has 222 valence electrons. The Labute approximate surface area is 245 Å². The van der Waals surface area contributed by atoms with Crippen LogP contribution in [0.25, 0.3) is 0 Å². The Bertz CT molecular complexity index is 1300. The van der Waals surface area contributed by atoms with Crippen molar-refractivity contribution >= 4 is 17.7 Å². The van der Waals surface area contributed by atoms with E-state index in [1.807, 2.05) is 13.0 Å². The van der Waals surface area contributed by atoms with Gasteiger partial charge in [0.2, 0.25) is 0 Å². The number of esters is 1. The molecule has 5 heteroatoms. The van der Waals surface area contributed by atoms with Gasteiger partial charge >= 0.3 is 11.9 Å². The summed E-state index contributed by atoms with van der Waals surface area (Å²) in [7, 11) is 0. The second-order valence-electron chi connectivity index (χ2n) is 16.0. The van der Waals surface area contributed by atoms with Gasteiger partial charge < -0.3 is 9.84 Å². The van der Waals surface area contributed by atoms with Crippen LogP contribution >= 0.6 is 0 Å². The van der Waals surface area contributed by atoms with Crippen LogP contribution in [0.4, 0.5) is 0 Å². The average Bonchev–Trinajstić information content (AvgIpc) is 2.91. The Kier molecular flexibility index (Phi) is 6.49. The van der Waals surface area contributed by atoms with E-state index in [0.717, 1.165) is 51.4 Å². The lowest BCUT2D eigenvalue weighted by Crippen LogP contribution is -2.65. The van der Waals surface area contributed by atoms with Crippen molar-refractivity contribution in [3.63, 3.8) is 0 Å². The van der Waals surface area contributed by atoms with Gasteiger partial charge in [-0.3, -0.25) is 9.59 Å². The predicted octanol–water partition coefficient (Wildman–Crippen LogP) is 7.89. The number of benzene rings is 1. The van der Waals surface area contributed by atoms with E-state index in [4.69, 9.17) is 4.74 Å². The zero-order valence-corrected chi connectivity index (χ0v) is 25.8. The molecule has 0 aliphatic heterocycles. The minimum atomic E-state index is -1.17. The average molecular weight is 561 g/mol. The monoisotopic (exact) mass is 560 g/mol. The summed E-state index contributed by atoms with van der Waals surface area (Å²) in [5.41, 5.74) is 0.566. The third-order valence-corrected chi connectivity index (χ3v) is 13.4. The molecule has 0 saturated heterocycles. The lowest BCUT2D eigenvalue weighted by atomic mass is 9.35. The number of carbonyl (C=O) groups excluding carboxylic acids is 2. The molecule has 0 unspecified atom stereocenters. The van der Waals surface area contributed by atoms with Crippen LogP contribution in [0.1, 0.15) is 110 Å². The topological polar surface area (TPSA) is 80.7 Å². The third-order valence-electron chi connectivity index (χ3n) is 13.4. The van der Waals surface area contributed by atoms with Crippen LogP contribution < -0.4 is 0 Å². The fourth-order valence-electron chi connectivity index (χ4n) is 11.2. The summed E-state index contributed by atoms with van der Waals surface area (Å²) in [6, 6.07) is 8.88. The van der Waals surface area contributed by atoms with E-state index >= 15 is 0 Å². The van der Waals surface area contributed by atoms with Crippen LogP contribution in [0.5, 0.6) is 0 Å². The van der Waals surface area contributed by atoms with Crippen molar-refractivity contribution in [1.29, 1.82) is 0 Å². The molecule has 1 aromatic carbocycles. The number of carboxylic acid groups (broad SMARTS) is 1. The van der Waals surface area contributed by atoms with Crippen molar-refractivity contribution in [3.05, 3.63) is 47.5 Å². The number of rotatable bonds is 3. The van der Waals surface area contributed by atoms with Gasteiger partial charge in [0, 0.05) is 5.92 Å². The number of aliphatic carboxylic acids is 1. The molecule has 1 aromatic rings. The Morgan fingerprint density at radius 3 is 2.17 bits per heavy atom. The highest BCUT2D eigenvalue weighted by molar-refractivity contribution is 5.94. The highest BCUT2D eigenvalue weighted by Gasteiger charge is 2.69. The molecule has 0 bridgehead atoms. The summed E-state index contributed by atoms with van der Waals surface area (Å²) in [4.78, 5) is 39.9. The Hall–Kier alpha value is -2.43. The van der Waals surface area contributed by atoms with Crippen molar-refractivity contribution in [2.45, 2.75) is 105 Å². The largest absolute Gasteiger partial charge is 0.481 e. The molecule has 41 heavy (non-hydrogen) atoms. The lowest BCUT2D eigenvalue weighted by molar-refractivity contribution is -0.204. The number of carboxylic acids is 1. The van der Waals surface area contributed by atoms with Crippen molar-refractivity contribution in [2.24, 2.45) is 50.7 Å². The zero-order chi connectivity index (χ0) is 29.6. The first-order valence-electron chi connectivity index (χ1n) is 15.9.